The minimum Gasteiger partial charge on any atom is -0.506 e. The molecule has 3 fully saturated rings. The zero-order valence-electron chi connectivity index (χ0n) is 19.9. The Kier molecular flexibility index (Phi) is 6.88. The first-order valence-corrected chi connectivity index (χ1v) is 12.4. The first kappa shape index (κ1) is 23.6. The second kappa shape index (κ2) is 10.2. The molecule has 1 N–H and O–H groups in total. The quantitative estimate of drug-likeness (QED) is 0.706. The van der Waals surface area contributed by atoms with Crippen LogP contribution in [0.3, 0.4) is 0 Å². The smallest absolute Gasteiger partial charge is 0.258 e. The Bertz CT molecular complexity index is 1110. The van der Waals surface area contributed by atoms with Crippen molar-refractivity contribution in [2.45, 2.75) is 18.9 Å². The standard InChI is InChI=1S/C26H32N4O5/c31-23(18-27-14-16-35-17-15-27)28-10-12-29(13-11-28)26(34)22-6-3-9-30(22)25(33)21-8-7-19-4-1-2-5-20(19)24(21)32/h1-2,4-5,7-8,22,32H,3,6,9-18H2/t22-/m1/s1. The van der Waals surface area contributed by atoms with E-state index < -0.39 is 6.04 Å². The van der Waals surface area contributed by atoms with Gasteiger partial charge in [-0.3, -0.25) is 19.3 Å². The summed E-state index contributed by atoms with van der Waals surface area (Å²) in [6, 6.07) is 10.3. The van der Waals surface area contributed by atoms with Gasteiger partial charge in [0, 0.05) is 51.2 Å². The van der Waals surface area contributed by atoms with Crippen LogP contribution in [0, 0.1) is 0 Å². The van der Waals surface area contributed by atoms with Gasteiger partial charge >= 0.3 is 0 Å². The molecule has 1 atom stereocenters. The number of piperazine rings is 1. The van der Waals surface area contributed by atoms with Crippen molar-refractivity contribution < 1.29 is 24.2 Å². The molecule has 0 spiro atoms. The Labute approximate surface area is 204 Å². The molecule has 0 radical (unpaired) electrons. The lowest BCUT2D eigenvalue weighted by atomic mass is 10.0. The normalized spacial score (nSPS) is 21.5. The van der Waals surface area contributed by atoms with Gasteiger partial charge in [0.25, 0.3) is 5.91 Å². The summed E-state index contributed by atoms with van der Waals surface area (Å²) in [6.45, 7) is 5.65. The number of hydrogen-bond donors (Lipinski definition) is 1. The van der Waals surface area contributed by atoms with Crippen LogP contribution in [0.25, 0.3) is 10.8 Å². The predicted molar refractivity (Wildman–Crippen MR) is 130 cm³/mol. The van der Waals surface area contributed by atoms with Crippen LogP contribution in [0.4, 0.5) is 0 Å². The van der Waals surface area contributed by atoms with Crippen LogP contribution in [0.1, 0.15) is 23.2 Å². The van der Waals surface area contributed by atoms with Crippen LogP contribution in [-0.2, 0) is 14.3 Å². The number of hydrogen-bond acceptors (Lipinski definition) is 6. The summed E-state index contributed by atoms with van der Waals surface area (Å²) in [5, 5.41) is 12.2. The third-order valence-corrected chi connectivity index (χ3v) is 7.34. The van der Waals surface area contributed by atoms with Crippen LogP contribution >= 0.6 is 0 Å². The van der Waals surface area contributed by atoms with Crippen LogP contribution in [0.2, 0.25) is 0 Å². The van der Waals surface area contributed by atoms with E-state index in [1.807, 2.05) is 29.2 Å². The van der Waals surface area contributed by atoms with Gasteiger partial charge in [0.1, 0.15) is 11.8 Å². The highest BCUT2D eigenvalue weighted by Crippen LogP contribution is 2.31. The van der Waals surface area contributed by atoms with E-state index >= 15 is 0 Å². The summed E-state index contributed by atoms with van der Waals surface area (Å²) in [6.07, 6.45) is 1.35. The number of phenols is 1. The molecule has 0 aromatic heterocycles. The highest BCUT2D eigenvalue weighted by Gasteiger charge is 2.38. The molecule has 2 aromatic rings. The molecule has 0 bridgehead atoms. The lowest BCUT2D eigenvalue weighted by Crippen LogP contribution is -2.56. The molecule has 3 aliphatic heterocycles. The van der Waals surface area contributed by atoms with Crippen LogP contribution in [0.15, 0.2) is 36.4 Å². The van der Waals surface area contributed by atoms with Gasteiger partial charge in [-0.25, -0.2) is 0 Å². The molecule has 0 unspecified atom stereocenters. The second-order valence-electron chi connectivity index (χ2n) is 9.43. The fraction of sp³-hybridized carbons (Fsp3) is 0.500. The predicted octanol–water partition coefficient (Wildman–Crippen LogP) is 1.15. The third kappa shape index (κ3) is 4.83. The molecule has 3 heterocycles. The van der Waals surface area contributed by atoms with Crippen molar-refractivity contribution in [2.75, 3.05) is 65.6 Å². The molecule has 5 rings (SSSR count). The third-order valence-electron chi connectivity index (χ3n) is 7.34. The lowest BCUT2D eigenvalue weighted by Gasteiger charge is -2.38. The SMILES string of the molecule is O=C(CN1CCOCC1)N1CCN(C(=O)[C@H]2CCCN2C(=O)c2ccc3ccccc3c2O)CC1. The van der Waals surface area contributed by atoms with Crippen molar-refractivity contribution in [3.05, 3.63) is 42.0 Å². The molecule has 186 valence electrons. The number of phenolic OH excluding ortho intramolecular Hbond substituents is 1. The maximum atomic E-state index is 13.4. The summed E-state index contributed by atoms with van der Waals surface area (Å²) >= 11 is 0. The van der Waals surface area contributed by atoms with Gasteiger partial charge in [-0.05, 0) is 24.3 Å². The van der Waals surface area contributed by atoms with Gasteiger partial charge in [-0.15, -0.1) is 0 Å². The monoisotopic (exact) mass is 480 g/mol. The molecule has 0 aliphatic carbocycles. The number of ether oxygens (including phenoxy) is 1. The molecular formula is C26H32N4O5. The second-order valence-corrected chi connectivity index (χ2v) is 9.43. The molecule has 9 heteroatoms. The molecule has 3 saturated heterocycles. The topological polar surface area (TPSA) is 93.6 Å². The molecule has 0 saturated carbocycles. The summed E-state index contributed by atoms with van der Waals surface area (Å²) in [5.74, 6) is -0.345. The first-order chi connectivity index (χ1) is 17.0. The number of aromatic hydroxyl groups is 1. The highest BCUT2D eigenvalue weighted by atomic mass is 16.5. The Morgan fingerprint density at radius 3 is 2.37 bits per heavy atom. The van der Waals surface area contributed by atoms with Crippen molar-refractivity contribution >= 4 is 28.5 Å². The lowest BCUT2D eigenvalue weighted by molar-refractivity contribution is -0.142. The largest absolute Gasteiger partial charge is 0.506 e. The van der Waals surface area contributed by atoms with Gasteiger partial charge in [-0.1, -0.05) is 30.3 Å². The maximum absolute atomic E-state index is 13.4. The summed E-state index contributed by atoms with van der Waals surface area (Å²) in [4.78, 5) is 46.7. The van der Waals surface area contributed by atoms with Crippen LogP contribution < -0.4 is 0 Å². The van der Waals surface area contributed by atoms with E-state index in [9.17, 15) is 19.5 Å². The molecule has 3 aliphatic rings. The summed E-state index contributed by atoms with van der Waals surface area (Å²) in [5.41, 5.74) is 0.224. The Hall–Kier alpha value is -3.17. The number of carbonyl (C=O) groups excluding carboxylic acids is 3. The molecule has 2 aromatic carbocycles. The van der Waals surface area contributed by atoms with Gasteiger partial charge in [-0.2, -0.15) is 0 Å². The number of likely N-dealkylation sites (tertiary alicyclic amines) is 1. The number of nitrogens with zero attached hydrogens (tertiary/aromatic N) is 4. The van der Waals surface area contributed by atoms with Gasteiger partial charge in [0.05, 0.1) is 25.3 Å². The Morgan fingerprint density at radius 2 is 1.60 bits per heavy atom. The fourth-order valence-corrected chi connectivity index (χ4v) is 5.29. The van der Waals surface area contributed by atoms with Crippen LogP contribution in [-0.4, -0.2) is 114 Å². The highest BCUT2D eigenvalue weighted by molar-refractivity contribution is 6.05. The van der Waals surface area contributed by atoms with E-state index in [0.29, 0.717) is 64.3 Å². The van der Waals surface area contributed by atoms with E-state index in [1.54, 1.807) is 21.9 Å². The van der Waals surface area contributed by atoms with E-state index in [0.717, 1.165) is 24.9 Å². The number of amides is 3. The number of carbonyl (C=O) groups is 3. The maximum Gasteiger partial charge on any atom is 0.258 e. The van der Waals surface area contributed by atoms with Gasteiger partial charge in [0.2, 0.25) is 11.8 Å². The zero-order valence-corrected chi connectivity index (χ0v) is 19.9. The first-order valence-electron chi connectivity index (χ1n) is 12.4. The van der Waals surface area contributed by atoms with E-state index in [2.05, 4.69) is 4.90 Å². The number of rotatable bonds is 4. The van der Waals surface area contributed by atoms with Crippen molar-refractivity contribution in [3.8, 4) is 5.75 Å². The van der Waals surface area contributed by atoms with E-state index in [4.69, 9.17) is 4.74 Å². The number of morpholine rings is 1. The van der Waals surface area contributed by atoms with E-state index in [-0.39, 0.29) is 29.0 Å². The molecule has 35 heavy (non-hydrogen) atoms. The summed E-state index contributed by atoms with van der Waals surface area (Å²) < 4.78 is 5.34. The number of fused-ring (bicyclic) bond motifs is 1. The van der Waals surface area contributed by atoms with Crippen molar-refractivity contribution in [2.24, 2.45) is 0 Å². The molecule has 9 nitrogen and oxygen atoms in total. The Morgan fingerprint density at radius 1 is 0.886 bits per heavy atom. The average molecular weight is 481 g/mol. The van der Waals surface area contributed by atoms with Crippen molar-refractivity contribution in [1.29, 1.82) is 0 Å². The van der Waals surface area contributed by atoms with Crippen molar-refractivity contribution in [1.82, 2.24) is 19.6 Å². The molecular weight excluding hydrogens is 448 g/mol. The minimum absolute atomic E-state index is 0.0430. The van der Waals surface area contributed by atoms with Gasteiger partial charge < -0.3 is 24.5 Å². The van der Waals surface area contributed by atoms with Gasteiger partial charge in [0.15, 0.2) is 0 Å². The zero-order chi connectivity index (χ0) is 24.4. The summed E-state index contributed by atoms with van der Waals surface area (Å²) in [7, 11) is 0. The van der Waals surface area contributed by atoms with Crippen LogP contribution in [0.5, 0.6) is 5.75 Å². The molecule has 3 amide bonds. The minimum atomic E-state index is -0.538. The van der Waals surface area contributed by atoms with E-state index in [1.165, 1.54) is 0 Å². The number of benzene rings is 2. The Balaban J connectivity index is 1.21. The fourth-order valence-electron chi connectivity index (χ4n) is 5.29. The van der Waals surface area contributed by atoms with Crippen molar-refractivity contribution in [3.63, 3.8) is 0 Å². The average Bonchev–Trinajstić information content (AvgIpc) is 3.39.